The Hall–Kier alpha value is -6.12. The van der Waals surface area contributed by atoms with Crippen molar-refractivity contribution >= 4 is 65.2 Å². The zero-order valence-electron chi connectivity index (χ0n) is 26.0. The highest BCUT2D eigenvalue weighted by Crippen LogP contribution is 2.40. The highest BCUT2D eigenvalue weighted by atomic mass is 15.0. The lowest BCUT2D eigenvalue weighted by Crippen LogP contribution is -1.96. The molecular formula is C45H30N2. The van der Waals surface area contributed by atoms with Gasteiger partial charge >= 0.3 is 0 Å². The quantitative estimate of drug-likeness (QED) is 0.191. The van der Waals surface area contributed by atoms with Crippen molar-refractivity contribution in [1.29, 1.82) is 0 Å². The van der Waals surface area contributed by atoms with Gasteiger partial charge in [0.1, 0.15) is 0 Å². The van der Waals surface area contributed by atoms with E-state index < -0.39 is 0 Å². The summed E-state index contributed by atoms with van der Waals surface area (Å²) in [4.78, 5) is 0. The third kappa shape index (κ3) is 3.79. The van der Waals surface area contributed by atoms with Crippen LogP contribution in [0.2, 0.25) is 0 Å². The van der Waals surface area contributed by atoms with E-state index >= 15 is 0 Å². The molecule has 0 radical (unpaired) electrons. The molecule has 0 saturated carbocycles. The van der Waals surface area contributed by atoms with Crippen molar-refractivity contribution in [2.75, 3.05) is 0 Å². The first-order chi connectivity index (χ1) is 23.2. The summed E-state index contributed by atoms with van der Waals surface area (Å²) in [5, 5.41) is 10.1. The van der Waals surface area contributed by atoms with Gasteiger partial charge in [0.2, 0.25) is 0 Å². The smallest absolute Gasteiger partial charge is 0.0570 e. The van der Waals surface area contributed by atoms with Crippen LogP contribution in [0.1, 0.15) is 5.56 Å². The Morgan fingerprint density at radius 3 is 1.49 bits per heavy atom. The van der Waals surface area contributed by atoms with Crippen LogP contribution in [0.15, 0.2) is 164 Å². The second-order valence-electron chi connectivity index (χ2n) is 12.6. The molecule has 0 aliphatic heterocycles. The van der Waals surface area contributed by atoms with Gasteiger partial charge in [-0.3, -0.25) is 0 Å². The number of aryl methyl sites for hydroxylation is 1. The molecule has 0 amide bonds. The SMILES string of the molecule is Cc1cccc2c3cc(-c4ccc5c(c4)c4ccccc4n5-c4cccc5ccccc45)ccc3n(-c3cccc4ccccc34)c12. The van der Waals surface area contributed by atoms with Crippen molar-refractivity contribution in [3.63, 3.8) is 0 Å². The summed E-state index contributed by atoms with van der Waals surface area (Å²) >= 11 is 0. The van der Waals surface area contributed by atoms with E-state index in [1.165, 1.54) is 93.2 Å². The molecule has 0 aliphatic rings. The fourth-order valence-electron chi connectivity index (χ4n) is 7.89. The number of fused-ring (bicyclic) bond motifs is 8. The Morgan fingerprint density at radius 1 is 0.340 bits per heavy atom. The van der Waals surface area contributed by atoms with Crippen LogP contribution in [0.25, 0.3) is 87.7 Å². The van der Waals surface area contributed by atoms with Crippen LogP contribution >= 0.6 is 0 Å². The highest BCUT2D eigenvalue weighted by Gasteiger charge is 2.18. The first-order valence-corrected chi connectivity index (χ1v) is 16.3. The molecule has 47 heavy (non-hydrogen) atoms. The number of aromatic nitrogens is 2. The maximum Gasteiger partial charge on any atom is 0.0570 e. The Kier molecular flexibility index (Phi) is 5.53. The van der Waals surface area contributed by atoms with E-state index in [2.05, 4.69) is 180 Å². The Morgan fingerprint density at radius 2 is 0.809 bits per heavy atom. The van der Waals surface area contributed by atoms with Gasteiger partial charge in [0.05, 0.1) is 33.4 Å². The van der Waals surface area contributed by atoms with Crippen LogP contribution in [-0.2, 0) is 0 Å². The van der Waals surface area contributed by atoms with Crippen LogP contribution in [0.5, 0.6) is 0 Å². The van der Waals surface area contributed by atoms with Crippen molar-refractivity contribution in [2.24, 2.45) is 0 Å². The zero-order valence-corrected chi connectivity index (χ0v) is 26.0. The molecule has 220 valence electrons. The number of hydrogen-bond acceptors (Lipinski definition) is 0. The highest BCUT2D eigenvalue weighted by molar-refractivity contribution is 6.14. The van der Waals surface area contributed by atoms with Crippen LogP contribution < -0.4 is 0 Å². The molecular weight excluding hydrogens is 569 g/mol. The van der Waals surface area contributed by atoms with E-state index in [9.17, 15) is 0 Å². The van der Waals surface area contributed by atoms with E-state index in [0.29, 0.717) is 0 Å². The normalized spacial score (nSPS) is 11.9. The molecule has 0 bridgehead atoms. The summed E-state index contributed by atoms with van der Waals surface area (Å²) < 4.78 is 4.90. The average Bonchev–Trinajstić information content (AvgIpc) is 3.64. The van der Waals surface area contributed by atoms with Gasteiger partial charge in [0, 0.05) is 32.3 Å². The number of para-hydroxylation sites is 2. The predicted octanol–water partition coefficient (Wildman–Crippen LogP) is 12.2. The van der Waals surface area contributed by atoms with Crippen LogP contribution in [0, 0.1) is 6.92 Å². The molecule has 0 unspecified atom stereocenters. The van der Waals surface area contributed by atoms with Crippen molar-refractivity contribution in [2.45, 2.75) is 6.92 Å². The van der Waals surface area contributed by atoms with Crippen molar-refractivity contribution in [3.05, 3.63) is 169 Å². The Labute approximate surface area is 272 Å². The van der Waals surface area contributed by atoms with Gasteiger partial charge in [-0.1, -0.05) is 121 Å². The number of benzene rings is 8. The minimum atomic E-state index is 1.21. The molecule has 2 nitrogen and oxygen atoms in total. The fraction of sp³-hybridized carbons (Fsp3) is 0.0222. The summed E-state index contributed by atoms with van der Waals surface area (Å²) in [6.45, 7) is 2.23. The molecule has 0 atom stereocenters. The molecule has 0 fully saturated rings. The van der Waals surface area contributed by atoms with E-state index in [0.717, 1.165) is 0 Å². The molecule has 0 N–H and O–H groups in total. The lowest BCUT2D eigenvalue weighted by atomic mass is 10.0. The standard InChI is InChI=1S/C45H30N2/c1-29-11-8-19-37-39-28-33(24-26-44(39)47(45(29)37)41-22-10-15-31-13-3-5-17-35(31)41)32-23-25-43-38(27-32)36-18-6-7-20-42(36)46(43)40-21-9-14-30-12-2-4-16-34(30)40/h2-28H,1H3. The van der Waals surface area contributed by atoms with Crippen molar-refractivity contribution < 1.29 is 0 Å². The van der Waals surface area contributed by atoms with Gasteiger partial charge < -0.3 is 9.13 Å². The zero-order chi connectivity index (χ0) is 31.1. The minimum Gasteiger partial charge on any atom is -0.309 e. The third-order valence-corrected chi connectivity index (χ3v) is 10.0. The Bertz CT molecular complexity index is 2850. The van der Waals surface area contributed by atoms with Gasteiger partial charge in [-0.05, 0) is 76.9 Å². The number of hydrogen-bond donors (Lipinski definition) is 0. The monoisotopic (exact) mass is 598 g/mol. The van der Waals surface area contributed by atoms with E-state index in [1.54, 1.807) is 0 Å². The first kappa shape index (κ1) is 26.1. The number of rotatable bonds is 3. The second-order valence-corrected chi connectivity index (χ2v) is 12.6. The van der Waals surface area contributed by atoms with Gasteiger partial charge in [-0.15, -0.1) is 0 Å². The first-order valence-electron chi connectivity index (χ1n) is 16.3. The molecule has 2 heterocycles. The number of nitrogens with zero attached hydrogens (tertiary/aromatic N) is 2. The minimum absolute atomic E-state index is 1.21. The average molecular weight is 599 g/mol. The maximum atomic E-state index is 2.47. The van der Waals surface area contributed by atoms with Gasteiger partial charge in [-0.2, -0.15) is 0 Å². The van der Waals surface area contributed by atoms with E-state index in [-0.39, 0.29) is 0 Å². The van der Waals surface area contributed by atoms with Gasteiger partial charge in [0.25, 0.3) is 0 Å². The maximum absolute atomic E-state index is 2.47. The lowest BCUT2D eigenvalue weighted by molar-refractivity contribution is 1.18. The molecule has 10 aromatic rings. The summed E-state index contributed by atoms with van der Waals surface area (Å²) in [5.74, 6) is 0. The molecule has 0 aliphatic carbocycles. The summed E-state index contributed by atoms with van der Waals surface area (Å²) in [6, 6.07) is 60.0. The van der Waals surface area contributed by atoms with Crippen LogP contribution in [0.4, 0.5) is 0 Å². The molecule has 10 rings (SSSR count). The molecule has 8 aromatic carbocycles. The summed E-state index contributed by atoms with van der Waals surface area (Å²) in [7, 11) is 0. The van der Waals surface area contributed by atoms with E-state index in [4.69, 9.17) is 0 Å². The predicted molar refractivity (Wildman–Crippen MR) is 200 cm³/mol. The van der Waals surface area contributed by atoms with Gasteiger partial charge in [0.15, 0.2) is 0 Å². The lowest BCUT2D eigenvalue weighted by Gasteiger charge is -2.13. The fourth-order valence-corrected chi connectivity index (χ4v) is 7.89. The largest absolute Gasteiger partial charge is 0.309 e. The topological polar surface area (TPSA) is 9.86 Å². The Balaban J connectivity index is 1.21. The van der Waals surface area contributed by atoms with Crippen molar-refractivity contribution in [1.82, 2.24) is 9.13 Å². The van der Waals surface area contributed by atoms with Gasteiger partial charge in [-0.25, -0.2) is 0 Å². The summed E-state index contributed by atoms with van der Waals surface area (Å²) in [6.07, 6.45) is 0. The molecule has 2 aromatic heterocycles. The molecule has 0 spiro atoms. The molecule has 0 saturated heterocycles. The summed E-state index contributed by atoms with van der Waals surface area (Å²) in [5.41, 5.74) is 11.1. The molecule has 2 heteroatoms. The van der Waals surface area contributed by atoms with Crippen LogP contribution in [-0.4, -0.2) is 9.13 Å². The van der Waals surface area contributed by atoms with Crippen molar-refractivity contribution in [3.8, 4) is 22.5 Å². The van der Waals surface area contributed by atoms with Crippen LogP contribution in [0.3, 0.4) is 0 Å². The third-order valence-electron chi connectivity index (χ3n) is 10.0. The second kappa shape index (κ2) is 9.94. The van der Waals surface area contributed by atoms with E-state index in [1.807, 2.05) is 0 Å².